The van der Waals surface area contributed by atoms with Gasteiger partial charge in [0.1, 0.15) is 12.6 Å². The summed E-state index contributed by atoms with van der Waals surface area (Å²) < 4.78 is 51.5. The van der Waals surface area contributed by atoms with E-state index >= 15 is 0 Å². The zero-order valence-corrected chi connectivity index (χ0v) is 51.3. The average Bonchev–Trinajstić information content (AvgIpc) is 3.91. The van der Waals surface area contributed by atoms with Gasteiger partial charge in [-0.05, 0) is 118 Å². The molecule has 4 aromatic rings. The lowest BCUT2D eigenvalue weighted by Gasteiger charge is -2.16. The van der Waals surface area contributed by atoms with E-state index in [1.54, 1.807) is 29.8 Å². The standard InChI is InChI=1S/C19H17Cl2NO4.C15H18N6O6S.C8H14ClN5.C3H8NO5P.C3H9S/c1-2-26-19(25)16(21)10-11-9-12(7-8-15(11)20)22-17(23)13-5-3-4-6-14(13)18(22)24;1-21(2)13(22)9-6-5-7-16-12(9)28(24,25)20-15(23)19-14-17-10(26-3)8-11(18-14)27-4;1-4-10-7-12-6(9)13-8(14-7)11-5(2)3;5-3(6)1-4-2-10(7,8)9;1-4(2)3/h7-10H,2-6H2,1H3;5-8H,1-4H3,(H2,17,18,19,20,23);5H,4H2,1-3H3,(H2,10,11,12,13,14);4H,1-2H2,(H,5,6)(H2,7,8,9);1-3H3/q;;;;+1/p-1/b16-10-;;;;. The summed E-state index contributed by atoms with van der Waals surface area (Å²) in [6.07, 6.45) is 11.5. The summed E-state index contributed by atoms with van der Waals surface area (Å²) in [4.78, 5) is 115. The summed E-state index contributed by atoms with van der Waals surface area (Å²) in [6.45, 7) is 8.12. The van der Waals surface area contributed by atoms with E-state index in [9.17, 15) is 46.6 Å². The fourth-order valence-electron chi connectivity index (χ4n) is 6.34. The number of carbonyl (C=O) groups excluding carboxylic acids is 5. The molecule has 34 heteroatoms. The predicted octanol–water partition coefficient (Wildman–Crippen LogP) is 4.76. The van der Waals surface area contributed by atoms with Gasteiger partial charge in [0, 0.05) is 49.0 Å². The third kappa shape index (κ3) is 24.8. The minimum absolute atomic E-state index is 0.0913. The van der Waals surface area contributed by atoms with E-state index < -0.39 is 59.4 Å². The number of imide groups is 1. The number of aliphatic carboxylic acids is 1. The summed E-state index contributed by atoms with van der Waals surface area (Å²) >= 11 is 17.9. The maximum absolute atomic E-state index is 12.7. The van der Waals surface area contributed by atoms with Gasteiger partial charge in [0.05, 0.1) is 69.7 Å². The first-order chi connectivity index (χ1) is 38.4. The molecule has 1 unspecified atom stereocenters. The molecule has 1 atom stereocenters. The zero-order chi connectivity index (χ0) is 62.1. The summed E-state index contributed by atoms with van der Waals surface area (Å²) in [7, 11) is -2.56. The highest BCUT2D eigenvalue weighted by Gasteiger charge is 2.40. The number of sulfonamides is 1. The normalized spacial score (nSPS) is 13.4. The van der Waals surface area contributed by atoms with E-state index in [4.69, 9.17) is 59.0 Å². The zero-order valence-electron chi connectivity index (χ0n) is 46.5. The number of esters is 1. The Morgan fingerprint density at radius 3 is 1.99 bits per heavy atom. The van der Waals surface area contributed by atoms with E-state index in [1.807, 2.05) is 26.1 Å². The summed E-state index contributed by atoms with van der Waals surface area (Å²) in [6, 6.07) is 7.91. The molecule has 1 aromatic carbocycles. The SMILES string of the molecule is CCNc1nc(Cl)nc(NC(C)C)n1.CCOC(=O)/C(Cl)=C/c1cc(N2C(=O)C3=C(CCCC3)C2=O)ccc1Cl.COc1cc(OC)nc(NC(=O)NS(=O)(=O)c2ncccc2C(=O)N(C)C)n1.C[S+](C)C.O=C(O)CNCP(=O)([O-])O. The first kappa shape index (κ1) is 71.3. The molecule has 82 heavy (non-hydrogen) atoms. The molecule has 0 bridgehead atoms. The van der Waals surface area contributed by atoms with Gasteiger partial charge in [-0.3, -0.25) is 29.8 Å². The van der Waals surface area contributed by atoms with Crippen molar-refractivity contribution in [2.24, 2.45) is 0 Å². The van der Waals surface area contributed by atoms with Crippen LogP contribution in [-0.4, -0.2) is 168 Å². The van der Waals surface area contributed by atoms with Crippen molar-refractivity contribution in [1.82, 2.24) is 44.8 Å². The molecule has 0 radical (unpaired) electrons. The Labute approximate surface area is 492 Å². The molecular weight excluding hydrogens is 1200 g/mol. The van der Waals surface area contributed by atoms with Gasteiger partial charge >= 0.3 is 18.0 Å². The van der Waals surface area contributed by atoms with Gasteiger partial charge in [0.25, 0.3) is 27.7 Å². The molecule has 3 aromatic heterocycles. The molecule has 0 saturated heterocycles. The van der Waals surface area contributed by atoms with Crippen LogP contribution in [0.2, 0.25) is 10.3 Å². The van der Waals surface area contributed by atoms with Crippen LogP contribution in [0.5, 0.6) is 11.8 Å². The number of rotatable bonds is 18. The summed E-state index contributed by atoms with van der Waals surface area (Å²) in [5, 5.41) is 18.0. The van der Waals surface area contributed by atoms with Gasteiger partial charge in [-0.1, -0.05) is 23.2 Å². The molecule has 5 amide bonds. The Kier molecular flexibility index (Phi) is 30.1. The number of ether oxygens (including phenoxy) is 3. The Morgan fingerprint density at radius 1 is 0.915 bits per heavy atom. The molecule has 0 fully saturated rings. The predicted molar refractivity (Wildman–Crippen MR) is 310 cm³/mol. The van der Waals surface area contributed by atoms with Gasteiger partial charge < -0.3 is 49.2 Å². The van der Waals surface area contributed by atoms with E-state index in [0.29, 0.717) is 63.1 Å². The monoisotopic (exact) mass is 1260 g/mol. The van der Waals surface area contributed by atoms with Crippen molar-refractivity contribution in [2.75, 3.05) is 93.9 Å². The number of methoxy groups -OCH3 is 2. The van der Waals surface area contributed by atoms with Gasteiger partial charge in [-0.2, -0.15) is 33.3 Å². The second-order valence-electron chi connectivity index (χ2n) is 17.3. The van der Waals surface area contributed by atoms with Crippen molar-refractivity contribution in [2.45, 2.75) is 64.4 Å². The van der Waals surface area contributed by atoms with Crippen LogP contribution < -0.4 is 45.3 Å². The van der Waals surface area contributed by atoms with Crippen LogP contribution in [0.15, 0.2) is 63.8 Å². The highest BCUT2D eigenvalue weighted by atomic mass is 35.5. The number of benzene rings is 1. The molecule has 0 spiro atoms. The van der Waals surface area contributed by atoms with Crippen molar-refractivity contribution in [3.63, 3.8) is 0 Å². The number of hydrogen-bond acceptors (Lipinski definition) is 22. The van der Waals surface area contributed by atoms with Gasteiger partial charge in [0.2, 0.25) is 34.9 Å². The van der Waals surface area contributed by atoms with Crippen molar-refractivity contribution >= 4 is 129 Å². The minimum Gasteiger partial charge on any atom is -0.778 e. The van der Waals surface area contributed by atoms with Crippen LogP contribution in [0.3, 0.4) is 0 Å². The average molecular weight is 1270 g/mol. The van der Waals surface area contributed by atoms with Crippen LogP contribution >= 0.6 is 42.4 Å². The molecule has 450 valence electrons. The minimum atomic E-state index is -4.46. The molecular formula is C48H65Cl3N13O15PS2. The number of amides is 5. The lowest BCUT2D eigenvalue weighted by atomic mass is 9.93. The number of halogens is 3. The fourth-order valence-corrected chi connectivity index (χ4v) is 8.27. The number of carboxylic acid groups (broad SMARTS) is 1. The molecule has 4 heterocycles. The van der Waals surface area contributed by atoms with Gasteiger partial charge in [-0.25, -0.2) is 24.2 Å². The first-order valence-corrected chi connectivity index (χ1v) is 31.0. The smallest absolute Gasteiger partial charge is 0.349 e. The number of urea groups is 1. The highest BCUT2D eigenvalue weighted by Crippen LogP contribution is 2.37. The Balaban J connectivity index is 0.000000389. The maximum Gasteiger partial charge on any atom is 0.349 e. The molecule has 7 N–H and O–H groups in total. The number of nitrogens with zero attached hydrogens (tertiary/aromatic N) is 8. The topological polar surface area (TPSA) is 389 Å². The number of hydrogen-bond donors (Lipinski definition) is 7. The van der Waals surface area contributed by atoms with Crippen molar-refractivity contribution in [3.8, 4) is 11.8 Å². The number of pyridine rings is 1. The van der Waals surface area contributed by atoms with E-state index in [2.05, 4.69) is 64.6 Å². The van der Waals surface area contributed by atoms with E-state index in [-0.39, 0.29) is 58.1 Å². The molecule has 6 rings (SSSR count). The lowest BCUT2D eigenvalue weighted by Crippen LogP contribution is -2.36. The van der Waals surface area contributed by atoms with Crippen LogP contribution in [0.25, 0.3) is 6.08 Å². The molecule has 1 aliphatic heterocycles. The third-order valence-electron chi connectivity index (χ3n) is 9.54. The Hall–Kier alpha value is -6.76. The molecule has 0 saturated carbocycles. The third-order valence-corrected chi connectivity index (χ3v) is 12.2. The quantitative estimate of drug-likeness (QED) is 0.0232. The van der Waals surface area contributed by atoms with Crippen molar-refractivity contribution < 1.29 is 70.9 Å². The van der Waals surface area contributed by atoms with Gasteiger partial charge in [0.15, 0.2) is 5.03 Å². The lowest BCUT2D eigenvalue weighted by molar-refractivity contribution is -0.193. The Morgan fingerprint density at radius 2 is 1.49 bits per heavy atom. The number of carbonyl (C=O) groups is 6. The number of nitrogens with one attached hydrogen (secondary N) is 5. The molecule has 28 nitrogen and oxygen atoms in total. The van der Waals surface area contributed by atoms with Crippen LogP contribution in [0.1, 0.15) is 69.3 Å². The van der Waals surface area contributed by atoms with E-state index in [1.165, 1.54) is 68.6 Å². The second kappa shape index (κ2) is 34.6. The van der Waals surface area contributed by atoms with Crippen LogP contribution in [0, 0.1) is 0 Å². The molecule has 1 aliphatic carbocycles. The molecule has 2 aliphatic rings. The number of carboxylic acids is 1. The van der Waals surface area contributed by atoms with Crippen molar-refractivity contribution in [3.05, 3.63) is 80.2 Å². The first-order valence-electron chi connectivity index (χ1n) is 24.2. The van der Waals surface area contributed by atoms with E-state index in [0.717, 1.165) is 19.4 Å². The van der Waals surface area contributed by atoms with Crippen molar-refractivity contribution in [1.29, 1.82) is 0 Å². The van der Waals surface area contributed by atoms with Gasteiger partial charge in [-0.15, -0.1) is 0 Å². The van der Waals surface area contributed by atoms with Crippen LogP contribution in [0.4, 0.5) is 28.3 Å². The number of aromatic nitrogens is 6. The fraction of sp³-hybridized carbons (Fsp3) is 0.417. The van der Waals surface area contributed by atoms with Crippen LogP contribution in [-0.2, 0) is 49.4 Å². The Bertz CT molecular complexity index is 3070. The largest absolute Gasteiger partial charge is 0.778 e. The number of anilines is 4. The second-order valence-corrected chi connectivity index (χ2v) is 24.1. The maximum atomic E-state index is 12.7. The summed E-state index contributed by atoms with van der Waals surface area (Å²) in [5.74, 6) is -2.07. The highest BCUT2D eigenvalue weighted by molar-refractivity contribution is 7.94. The summed E-state index contributed by atoms with van der Waals surface area (Å²) in [5.41, 5.74) is 1.86.